The van der Waals surface area contributed by atoms with Crippen LogP contribution in [-0.4, -0.2) is 25.9 Å². The topological polar surface area (TPSA) is 61.5 Å². The average Bonchev–Trinajstić information content (AvgIpc) is 1.87. The molecule has 4 heteroatoms. The highest BCUT2D eigenvalue weighted by atomic mass is 16.6. The molecule has 0 saturated heterocycles. The van der Waals surface area contributed by atoms with Crippen LogP contribution in [0.1, 0.15) is 6.92 Å². The Balaban J connectivity index is 3.46. The van der Waals surface area contributed by atoms with E-state index >= 15 is 0 Å². The minimum absolute atomic E-state index is 0.329. The Morgan fingerprint density at radius 3 is 2.67 bits per heavy atom. The second-order valence-electron chi connectivity index (χ2n) is 1.41. The van der Waals surface area contributed by atoms with Gasteiger partial charge in [0.05, 0.1) is 6.61 Å². The van der Waals surface area contributed by atoms with Crippen molar-refractivity contribution in [1.82, 2.24) is 0 Å². The first-order valence-corrected chi connectivity index (χ1v) is 2.67. The molecule has 0 aliphatic carbocycles. The Hall–Kier alpha value is -0.610. The van der Waals surface area contributed by atoms with Crippen LogP contribution in [-0.2, 0) is 14.3 Å². The second kappa shape index (κ2) is 4.29. The maximum absolute atomic E-state index is 10.5. The van der Waals surface area contributed by atoms with Crippen LogP contribution < -0.4 is 5.73 Å². The third-order valence-electron chi connectivity index (χ3n) is 0.773. The van der Waals surface area contributed by atoms with E-state index in [1.807, 2.05) is 0 Å². The van der Waals surface area contributed by atoms with E-state index in [1.165, 1.54) is 7.11 Å². The Morgan fingerprint density at radius 1 is 1.78 bits per heavy atom. The first-order chi connectivity index (χ1) is 4.22. The van der Waals surface area contributed by atoms with Gasteiger partial charge in [0.25, 0.3) is 0 Å². The molecule has 0 fully saturated rings. The molecule has 0 rings (SSSR count). The van der Waals surface area contributed by atoms with E-state index in [9.17, 15) is 4.79 Å². The molecule has 0 aromatic rings. The summed E-state index contributed by atoms with van der Waals surface area (Å²) in [5, 5.41) is 0. The van der Waals surface area contributed by atoms with Crippen molar-refractivity contribution in [3.63, 3.8) is 0 Å². The molecule has 2 N–H and O–H groups in total. The zero-order valence-electron chi connectivity index (χ0n) is 5.59. The van der Waals surface area contributed by atoms with Gasteiger partial charge in [0.15, 0.2) is 0 Å². The Morgan fingerprint density at radius 2 is 2.33 bits per heavy atom. The molecule has 0 amide bonds. The van der Waals surface area contributed by atoms with Crippen molar-refractivity contribution in [3.8, 4) is 0 Å². The number of hydrogen-bond donors (Lipinski definition) is 1. The summed E-state index contributed by atoms with van der Waals surface area (Å²) >= 11 is 0. The van der Waals surface area contributed by atoms with Gasteiger partial charge in [0.1, 0.15) is 0 Å². The lowest BCUT2D eigenvalue weighted by Crippen LogP contribution is -2.33. The predicted molar refractivity (Wildman–Crippen MR) is 31.6 cm³/mol. The number of esters is 1. The third-order valence-corrected chi connectivity index (χ3v) is 0.773. The van der Waals surface area contributed by atoms with E-state index in [4.69, 9.17) is 5.73 Å². The minimum atomic E-state index is -0.940. The largest absolute Gasteiger partial charge is 0.463 e. The van der Waals surface area contributed by atoms with Crippen LogP contribution in [0.25, 0.3) is 0 Å². The highest BCUT2D eigenvalue weighted by Crippen LogP contribution is 1.83. The Kier molecular flexibility index (Phi) is 4.00. The molecule has 0 bridgehead atoms. The molecule has 0 aliphatic rings. The fraction of sp³-hybridized carbons (Fsp3) is 0.800. The molecule has 0 aliphatic heterocycles. The van der Waals surface area contributed by atoms with Crippen molar-refractivity contribution < 1.29 is 14.3 Å². The molecule has 0 saturated carbocycles. The summed E-state index contributed by atoms with van der Waals surface area (Å²) in [5.41, 5.74) is 5.11. The van der Waals surface area contributed by atoms with Crippen LogP contribution in [0.3, 0.4) is 0 Å². The number of rotatable bonds is 3. The number of carbonyl (C=O) groups excluding carboxylic acids is 1. The third kappa shape index (κ3) is 3.05. The molecule has 0 aromatic heterocycles. The van der Waals surface area contributed by atoms with Crippen LogP contribution in [0.2, 0.25) is 0 Å². The van der Waals surface area contributed by atoms with Crippen molar-refractivity contribution >= 4 is 5.97 Å². The number of carbonyl (C=O) groups is 1. The van der Waals surface area contributed by atoms with Crippen molar-refractivity contribution in [3.05, 3.63) is 0 Å². The highest BCUT2D eigenvalue weighted by molar-refractivity contribution is 5.73. The van der Waals surface area contributed by atoms with Gasteiger partial charge in [-0.2, -0.15) is 0 Å². The van der Waals surface area contributed by atoms with E-state index in [2.05, 4.69) is 9.47 Å². The summed E-state index contributed by atoms with van der Waals surface area (Å²) in [6.07, 6.45) is -0.940. The lowest BCUT2D eigenvalue weighted by atomic mass is 10.6. The number of ether oxygens (including phenoxy) is 2. The van der Waals surface area contributed by atoms with Crippen LogP contribution in [0.4, 0.5) is 0 Å². The molecular weight excluding hydrogens is 122 g/mol. The standard InChI is InChI=1S/C5H11NO3/c1-3-9-5(7)4(6)8-2/h4H,3,6H2,1-2H3. The molecule has 0 aromatic carbocycles. The molecule has 1 atom stereocenters. The second-order valence-corrected chi connectivity index (χ2v) is 1.41. The van der Waals surface area contributed by atoms with Crippen LogP contribution in [0.5, 0.6) is 0 Å². The van der Waals surface area contributed by atoms with Gasteiger partial charge in [-0.15, -0.1) is 0 Å². The molecule has 4 nitrogen and oxygen atoms in total. The van der Waals surface area contributed by atoms with E-state index in [-0.39, 0.29) is 0 Å². The molecule has 0 radical (unpaired) electrons. The van der Waals surface area contributed by atoms with E-state index in [0.29, 0.717) is 6.61 Å². The smallest absolute Gasteiger partial charge is 0.350 e. The van der Waals surface area contributed by atoms with Gasteiger partial charge in [0, 0.05) is 7.11 Å². The zero-order chi connectivity index (χ0) is 7.28. The number of nitrogens with two attached hydrogens (primary N) is 1. The molecule has 9 heavy (non-hydrogen) atoms. The minimum Gasteiger partial charge on any atom is -0.463 e. The van der Waals surface area contributed by atoms with Gasteiger partial charge < -0.3 is 9.47 Å². The van der Waals surface area contributed by atoms with Crippen molar-refractivity contribution in [2.75, 3.05) is 13.7 Å². The van der Waals surface area contributed by atoms with Crippen molar-refractivity contribution in [2.45, 2.75) is 13.2 Å². The lowest BCUT2D eigenvalue weighted by Gasteiger charge is -2.06. The maximum Gasteiger partial charge on any atom is 0.350 e. The quantitative estimate of drug-likeness (QED) is 0.415. The van der Waals surface area contributed by atoms with Crippen LogP contribution in [0, 0.1) is 0 Å². The Bertz CT molecular complexity index is 94.2. The van der Waals surface area contributed by atoms with Crippen LogP contribution >= 0.6 is 0 Å². The van der Waals surface area contributed by atoms with Crippen molar-refractivity contribution in [1.29, 1.82) is 0 Å². The normalized spacial score (nSPS) is 12.8. The summed E-state index contributed by atoms with van der Waals surface area (Å²) in [6, 6.07) is 0. The van der Waals surface area contributed by atoms with E-state index in [0.717, 1.165) is 0 Å². The first-order valence-electron chi connectivity index (χ1n) is 2.67. The number of hydrogen-bond acceptors (Lipinski definition) is 4. The summed E-state index contributed by atoms with van der Waals surface area (Å²) in [7, 11) is 1.35. The van der Waals surface area contributed by atoms with Gasteiger partial charge in [-0.1, -0.05) is 0 Å². The van der Waals surface area contributed by atoms with Crippen molar-refractivity contribution in [2.24, 2.45) is 5.73 Å². The molecule has 0 heterocycles. The SMILES string of the molecule is CCOC(=O)C(N)OC. The van der Waals surface area contributed by atoms with Gasteiger partial charge in [-0.25, -0.2) is 4.79 Å². The van der Waals surface area contributed by atoms with E-state index < -0.39 is 12.2 Å². The molecule has 54 valence electrons. The fourth-order valence-electron chi connectivity index (χ4n) is 0.321. The van der Waals surface area contributed by atoms with E-state index in [1.54, 1.807) is 6.92 Å². The summed E-state index contributed by atoms with van der Waals surface area (Å²) in [5.74, 6) is -0.528. The summed E-state index contributed by atoms with van der Waals surface area (Å²) in [6.45, 7) is 2.04. The van der Waals surface area contributed by atoms with Gasteiger partial charge in [0.2, 0.25) is 6.23 Å². The first kappa shape index (κ1) is 8.39. The van der Waals surface area contributed by atoms with Gasteiger partial charge in [-0.3, -0.25) is 5.73 Å². The summed E-state index contributed by atoms with van der Waals surface area (Å²) < 4.78 is 8.97. The van der Waals surface area contributed by atoms with Gasteiger partial charge in [-0.05, 0) is 6.92 Å². The molecule has 0 spiro atoms. The zero-order valence-corrected chi connectivity index (χ0v) is 5.59. The highest BCUT2D eigenvalue weighted by Gasteiger charge is 2.11. The molecular formula is C5H11NO3. The summed E-state index contributed by atoms with van der Waals surface area (Å²) in [4.78, 5) is 10.5. The fourth-order valence-corrected chi connectivity index (χ4v) is 0.321. The number of methoxy groups -OCH3 is 1. The maximum atomic E-state index is 10.5. The Labute approximate surface area is 53.9 Å². The predicted octanol–water partition coefficient (Wildman–Crippen LogP) is -0.519. The molecule has 1 unspecified atom stereocenters. The van der Waals surface area contributed by atoms with Gasteiger partial charge >= 0.3 is 5.97 Å². The lowest BCUT2D eigenvalue weighted by molar-refractivity contribution is -0.154. The monoisotopic (exact) mass is 133 g/mol. The van der Waals surface area contributed by atoms with Crippen LogP contribution in [0.15, 0.2) is 0 Å². The average molecular weight is 133 g/mol.